The fourth-order valence-corrected chi connectivity index (χ4v) is 3.71. The van der Waals surface area contributed by atoms with E-state index in [-0.39, 0.29) is 11.5 Å². The van der Waals surface area contributed by atoms with Crippen molar-refractivity contribution < 1.29 is 19.7 Å². The van der Waals surface area contributed by atoms with Gasteiger partial charge in [0.1, 0.15) is 0 Å². The third kappa shape index (κ3) is 6.03. The van der Waals surface area contributed by atoms with Crippen LogP contribution in [0, 0.1) is 13.8 Å². The number of rotatable bonds is 11. The molecule has 2 N–H and O–H groups in total. The van der Waals surface area contributed by atoms with Gasteiger partial charge in [-0.15, -0.1) is 0 Å². The Balaban J connectivity index is 2.34. The second-order valence-electron chi connectivity index (χ2n) is 7.69. The topological polar surface area (TPSA) is 65.4 Å². The van der Waals surface area contributed by atoms with Gasteiger partial charge >= 0.3 is 0 Å². The quantitative estimate of drug-likeness (QED) is 0.576. The lowest BCUT2D eigenvalue weighted by Crippen LogP contribution is -2.34. The molecule has 0 aliphatic carbocycles. The molecule has 166 valence electrons. The van der Waals surface area contributed by atoms with Crippen molar-refractivity contribution in [2.45, 2.75) is 40.8 Å². The Labute approximate surface area is 180 Å². The molecule has 0 bridgehead atoms. The van der Waals surface area contributed by atoms with Crippen LogP contribution in [0.3, 0.4) is 0 Å². The highest BCUT2D eigenvalue weighted by atomic mass is 16.5. The fraction of sp³-hybridized carbons (Fsp3) is 0.500. The lowest BCUT2D eigenvalue weighted by Gasteiger charge is -2.27. The average Bonchev–Trinajstić information content (AvgIpc) is 2.73. The number of methoxy groups -OCH3 is 2. The molecule has 0 saturated carbocycles. The van der Waals surface area contributed by atoms with Crippen LogP contribution in [-0.2, 0) is 13.1 Å². The Morgan fingerprint density at radius 3 is 1.47 bits per heavy atom. The van der Waals surface area contributed by atoms with E-state index in [2.05, 4.69) is 23.6 Å². The summed E-state index contributed by atoms with van der Waals surface area (Å²) in [6.45, 7) is 13.0. The summed E-state index contributed by atoms with van der Waals surface area (Å²) in [6.07, 6.45) is 0. The number of benzene rings is 2. The van der Waals surface area contributed by atoms with Crippen molar-refractivity contribution >= 4 is 0 Å². The number of aryl methyl sites for hydroxylation is 2. The van der Waals surface area contributed by atoms with Gasteiger partial charge in [0.2, 0.25) is 0 Å². The summed E-state index contributed by atoms with van der Waals surface area (Å²) in [5.74, 6) is 1.30. The normalized spacial score (nSPS) is 11.3. The molecule has 2 aromatic rings. The van der Waals surface area contributed by atoms with Gasteiger partial charge in [-0.25, -0.2) is 0 Å². The number of aromatic hydroxyl groups is 2. The van der Waals surface area contributed by atoms with E-state index in [9.17, 15) is 10.2 Å². The van der Waals surface area contributed by atoms with Crippen molar-refractivity contribution in [1.82, 2.24) is 9.80 Å². The van der Waals surface area contributed by atoms with Gasteiger partial charge in [-0.05, 0) is 50.2 Å². The van der Waals surface area contributed by atoms with Crippen molar-refractivity contribution in [3.05, 3.63) is 46.5 Å². The van der Waals surface area contributed by atoms with Crippen LogP contribution in [0.5, 0.6) is 23.0 Å². The zero-order valence-electron chi connectivity index (χ0n) is 19.2. The third-order valence-electron chi connectivity index (χ3n) is 5.45. The molecular weight excluding hydrogens is 380 g/mol. The van der Waals surface area contributed by atoms with Crippen LogP contribution in [0.15, 0.2) is 24.3 Å². The first-order chi connectivity index (χ1) is 14.3. The number of hydrogen-bond acceptors (Lipinski definition) is 6. The molecule has 0 unspecified atom stereocenters. The molecule has 0 amide bonds. The SMILES string of the molecule is CCN(CC)CCN(Cc1cc(C)cc(OC)c1O)Cc1cc(C)cc(OC)c1O. The molecular formula is C24H36N2O4. The number of phenolic OH excluding ortho intramolecular Hbond substituents is 2. The molecule has 0 spiro atoms. The summed E-state index contributed by atoms with van der Waals surface area (Å²) in [7, 11) is 3.13. The first kappa shape index (κ1) is 23.8. The maximum Gasteiger partial charge on any atom is 0.162 e. The summed E-state index contributed by atoms with van der Waals surface area (Å²) in [4.78, 5) is 4.60. The minimum Gasteiger partial charge on any atom is -0.504 e. The summed E-state index contributed by atoms with van der Waals surface area (Å²) < 4.78 is 10.7. The molecule has 2 aromatic carbocycles. The van der Waals surface area contributed by atoms with Crippen LogP contribution in [0.4, 0.5) is 0 Å². The Morgan fingerprint density at radius 2 is 1.10 bits per heavy atom. The minimum atomic E-state index is 0.169. The van der Waals surface area contributed by atoms with E-state index < -0.39 is 0 Å². The molecule has 6 nitrogen and oxygen atoms in total. The first-order valence-electron chi connectivity index (χ1n) is 10.5. The molecule has 2 rings (SSSR count). The van der Waals surface area contributed by atoms with Gasteiger partial charge in [-0.1, -0.05) is 26.0 Å². The summed E-state index contributed by atoms with van der Waals surface area (Å²) in [5.41, 5.74) is 3.68. The standard InChI is InChI=1S/C24H36N2O4/c1-7-25(8-2)9-10-26(15-19-11-17(3)13-21(29-5)23(19)27)16-20-12-18(4)14-22(30-6)24(20)28/h11-14,27-28H,7-10,15-16H2,1-6H3. The molecule has 0 aromatic heterocycles. The van der Waals surface area contributed by atoms with E-state index in [0.717, 1.165) is 48.4 Å². The Bertz CT molecular complexity index is 773. The summed E-state index contributed by atoms with van der Waals surface area (Å²) >= 11 is 0. The maximum atomic E-state index is 10.6. The van der Waals surface area contributed by atoms with Crippen molar-refractivity contribution in [2.24, 2.45) is 0 Å². The lowest BCUT2D eigenvalue weighted by atomic mass is 10.1. The van der Waals surface area contributed by atoms with Gasteiger partial charge in [0.05, 0.1) is 14.2 Å². The molecule has 30 heavy (non-hydrogen) atoms. The van der Waals surface area contributed by atoms with Crippen LogP contribution < -0.4 is 9.47 Å². The monoisotopic (exact) mass is 416 g/mol. The van der Waals surface area contributed by atoms with Crippen LogP contribution in [0.2, 0.25) is 0 Å². The van der Waals surface area contributed by atoms with E-state index in [4.69, 9.17) is 9.47 Å². The van der Waals surface area contributed by atoms with E-state index in [0.29, 0.717) is 24.6 Å². The maximum absolute atomic E-state index is 10.6. The lowest BCUT2D eigenvalue weighted by molar-refractivity contribution is 0.198. The largest absolute Gasteiger partial charge is 0.504 e. The van der Waals surface area contributed by atoms with Crippen molar-refractivity contribution in [2.75, 3.05) is 40.4 Å². The second kappa shape index (κ2) is 11.1. The van der Waals surface area contributed by atoms with Gasteiger partial charge in [0.15, 0.2) is 23.0 Å². The van der Waals surface area contributed by atoms with Crippen molar-refractivity contribution in [3.8, 4) is 23.0 Å². The van der Waals surface area contributed by atoms with E-state index in [1.54, 1.807) is 14.2 Å². The smallest absolute Gasteiger partial charge is 0.162 e. The molecule has 0 radical (unpaired) electrons. The summed E-state index contributed by atoms with van der Waals surface area (Å²) in [5, 5.41) is 21.3. The third-order valence-corrected chi connectivity index (χ3v) is 5.45. The average molecular weight is 417 g/mol. The molecule has 0 heterocycles. The Hall–Kier alpha value is -2.44. The number of hydrogen-bond donors (Lipinski definition) is 2. The molecule has 0 atom stereocenters. The zero-order chi connectivity index (χ0) is 22.3. The molecule has 0 fully saturated rings. The number of likely N-dealkylation sites (N-methyl/N-ethyl adjacent to an activating group) is 1. The summed E-state index contributed by atoms with van der Waals surface area (Å²) in [6, 6.07) is 7.63. The highest BCUT2D eigenvalue weighted by Gasteiger charge is 2.18. The first-order valence-corrected chi connectivity index (χ1v) is 10.5. The predicted octanol–water partition coefficient (Wildman–Crippen LogP) is 4.08. The highest BCUT2D eigenvalue weighted by Crippen LogP contribution is 2.34. The molecule has 0 saturated heterocycles. The van der Waals surface area contributed by atoms with E-state index >= 15 is 0 Å². The number of nitrogens with zero attached hydrogens (tertiary/aromatic N) is 2. The van der Waals surface area contributed by atoms with Crippen LogP contribution in [0.25, 0.3) is 0 Å². The number of phenols is 2. The van der Waals surface area contributed by atoms with Gasteiger partial charge < -0.3 is 24.6 Å². The van der Waals surface area contributed by atoms with Crippen LogP contribution in [-0.4, -0.2) is 60.4 Å². The Morgan fingerprint density at radius 1 is 0.700 bits per heavy atom. The van der Waals surface area contributed by atoms with Crippen LogP contribution >= 0.6 is 0 Å². The van der Waals surface area contributed by atoms with E-state index in [1.807, 2.05) is 38.1 Å². The number of ether oxygens (including phenoxy) is 2. The second-order valence-corrected chi connectivity index (χ2v) is 7.69. The minimum absolute atomic E-state index is 0.169. The highest BCUT2D eigenvalue weighted by molar-refractivity contribution is 5.49. The molecule has 6 heteroatoms. The van der Waals surface area contributed by atoms with Gasteiger partial charge in [0.25, 0.3) is 0 Å². The van der Waals surface area contributed by atoms with E-state index in [1.165, 1.54) is 0 Å². The molecule has 0 aliphatic rings. The van der Waals surface area contributed by atoms with Gasteiger partial charge in [-0.3, -0.25) is 4.90 Å². The fourth-order valence-electron chi connectivity index (χ4n) is 3.71. The van der Waals surface area contributed by atoms with Crippen molar-refractivity contribution in [1.29, 1.82) is 0 Å². The Kier molecular flexibility index (Phi) is 8.81. The molecule has 0 aliphatic heterocycles. The predicted molar refractivity (Wildman–Crippen MR) is 121 cm³/mol. The van der Waals surface area contributed by atoms with Gasteiger partial charge in [0, 0.05) is 37.3 Å². The van der Waals surface area contributed by atoms with Crippen molar-refractivity contribution in [3.63, 3.8) is 0 Å². The zero-order valence-corrected chi connectivity index (χ0v) is 19.2. The van der Waals surface area contributed by atoms with Gasteiger partial charge in [-0.2, -0.15) is 0 Å². The van der Waals surface area contributed by atoms with Crippen LogP contribution in [0.1, 0.15) is 36.1 Å².